The van der Waals surface area contributed by atoms with Gasteiger partial charge >= 0.3 is 0 Å². The molecule has 0 spiro atoms. The van der Waals surface area contributed by atoms with Gasteiger partial charge in [0.1, 0.15) is 18.2 Å². The third kappa shape index (κ3) is 3.62. The second-order valence-electron chi connectivity index (χ2n) is 11.0. The van der Waals surface area contributed by atoms with Crippen molar-refractivity contribution in [2.24, 2.45) is 13.0 Å². The van der Waals surface area contributed by atoms with Crippen LogP contribution in [0.5, 0.6) is 0 Å². The van der Waals surface area contributed by atoms with E-state index in [0.717, 1.165) is 17.6 Å². The van der Waals surface area contributed by atoms with Gasteiger partial charge in [-0.25, -0.2) is 4.57 Å². The van der Waals surface area contributed by atoms with E-state index in [1.165, 1.54) is 49.5 Å². The van der Waals surface area contributed by atoms with E-state index in [1.54, 1.807) is 0 Å². The van der Waals surface area contributed by atoms with Gasteiger partial charge in [0.15, 0.2) is 6.20 Å². The molecule has 0 aliphatic rings. The van der Waals surface area contributed by atoms with Crippen LogP contribution in [0.15, 0.2) is 65.2 Å². The molecule has 0 aliphatic carbocycles. The highest BCUT2D eigenvalue weighted by molar-refractivity contribution is 6.17. The number of pyridine rings is 1. The van der Waals surface area contributed by atoms with Gasteiger partial charge in [-0.1, -0.05) is 77.1 Å². The number of hydrogen-bond acceptors (Lipinski definition) is 1. The second kappa shape index (κ2) is 7.73. The van der Waals surface area contributed by atoms with Gasteiger partial charge < -0.3 is 4.42 Å². The molecule has 2 nitrogen and oxygen atoms in total. The number of rotatable bonds is 3. The summed E-state index contributed by atoms with van der Waals surface area (Å²) >= 11 is 0. The molecule has 0 radical (unpaired) electrons. The zero-order valence-electron chi connectivity index (χ0n) is 20.9. The lowest BCUT2D eigenvalue weighted by Gasteiger charge is -2.23. The van der Waals surface area contributed by atoms with E-state index in [-0.39, 0.29) is 5.41 Å². The van der Waals surface area contributed by atoms with E-state index < -0.39 is 0 Å². The molecule has 0 bridgehead atoms. The molecule has 0 atom stereocenters. The van der Waals surface area contributed by atoms with E-state index in [4.69, 9.17) is 4.42 Å². The number of fused-ring (bicyclic) bond motifs is 5. The summed E-state index contributed by atoms with van der Waals surface area (Å²) < 4.78 is 8.98. The lowest BCUT2D eigenvalue weighted by atomic mass is 9.82. The topological polar surface area (TPSA) is 17.0 Å². The largest absolute Gasteiger partial charge is 0.454 e. The maximum atomic E-state index is 6.69. The lowest BCUT2D eigenvalue weighted by Crippen LogP contribution is -2.34. The van der Waals surface area contributed by atoms with Gasteiger partial charge in [0.2, 0.25) is 5.69 Å². The summed E-state index contributed by atoms with van der Waals surface area (Å²) in [6, 6.07) is 19.7. The minimum absolute atomic E-state index is 0.0971. The average Bonchev–Trinajstić information content (AvgIpc) is 3.13. The highest BCUT2D eigenvalue weighted by Gasteiger charge is 2.27. The smallest absolute Gasteiger partial charge is 0.216 e. The second-order valence-corrected chi connectivity index (χ2v) is 11.0. The normalized spacial score (nSPS) is 12.5. The Bertz CT molecular complexity index is 1510. The van der Waals surface area contributed by atoms with Crippen molar-refractivity contribution in [2.45, 2.75) is 53.4 Å². The zero-order chi connectivity index (χ0) is 23.5. The number of hydrogen-bond donors (Lipinski definition) is 0. The van der Waals surface area contributed by atoms with Crippen LogP contribution in [0.1, 0.15) is 51.3 Å². The highest BCUT2D eigenvalue weighted by Crippen LogP contribution is 2.40. The molecule has 0 fully saturated rings. The summed E-state index contributed by atoms with van der Waals surface area (Å²) in [5.74, 6) is 0.598. The zero-order valence-corrected chi connectivity index (χ0v) is 20.9. The Labute approximate surface area is 196 Å². The van der Waals surface area contributed by atoms with E-state index in [2.05, 4.69) is 114 Å². The van der Waals surface area contributed by atoms with E-state index >= 15 is 0 Å². The number of aryl methyl sites for hydroxylation is 2. The summed E-state index contributed by atoms with van der Waals surface area (Å²) in [6.07, 6.45) is 3.41. The first kappa shape index (κ1) is 21.7. The van der Waals surface area contributed by atoms with E-state index in [0.29, 0.717) is 5.92 Å². The molecule has 0 saturated heterocycles. The first-order valence-corrected chi connectivity index (χ1v) is 12.0. The molecule has 2 heterocycles. The summed E-state index contributed by atoms with van der Waals surface area (Å²) in [5.41, 5.74) is 8.56. The van der Waals surface area contributed by atoms with Crippen molar-refractivity contribution in [2.75, 3.05) is 0 Å². The lowest BCUT2D eigenvalue weighted by molar-refractivity contribution is -0.661. The highest BCUT2D eigenvalue weighted by atomic mass is 16.3. The van der Waals surface area contributed by atoms with Crippen LogP contribution in [-0.2, 0) is 18.9 Å². The standard InChI is InChI=1S/C31H34NO/c1-19(2)16-22-17-27(32(7)18-26(22)31(4,5)6)28-20(3)12-14-25-24-15-13-21-10-8-9-11-23(21)29(24)33-30(25)28/h8-15,17-19H,16H2,1-7H3/q+1. The average molecular weight is 437 g/mol. The Morgan fingerprint density at radius 2 is 1.58 bits per heavy atom. The van der Waals surface area contributed by atoms with Crippen LogP contribution in [0.3, 0.4) is 0 Å². The van der Waals surface area contributed by atoms with Crippen LogP contribution < -0.4 is 4.57 Å². The minimum atomic E-state index is 0.0971. The molecule has 2 heteroatoms. The van der Waals surface area contributed by atoms with Crippen molar-refractivity contribution in [3.8, 4) is 11.3 Å². The van der Waals surface area contributed by atoms with Crippen LogP contribution >= 0.6 is 0 Å². The van der Waals surface area contributed by atoms with Crippen molar-refractivity contribution in [3.63, 3.8) is 0 Å². The Morgan fingerprint density at radius 1 is 0.879 bits per heavy atom. The number of nitrogens with zero attached hydrogens (tertiary/aromatic N) is 1. The number of benzene rings is 3. The van der Waals surface area contributed by atoms with Crippen molar-refractivity contribution in [1.82, 2.24) is 0 Å². The SMILES string of the molecule is Cc1ccc2c(oc3c4ccccc4ccc23)c1-c1cc(CC(C)C)c(C(C)(C)C)c[n+]1C. The summed E-state index contributed by atoms with van der Waals surface area (Å²) in [7, 11) is 2.17. The molecule has 0 amide bonds. The molecular formula is C31H34NO+. The van der Waals surface area contributed by atoms with Crippen molar-refractivity contribution in [3.05, 3.63) is 77.5 Å². The van der Waals surface area contributed by atoms with Gasteiger partial charge in [0.05, 0.1) is 5.56 Å². The summed E-state index contributed by atoms with van der Waals surface area (Å²) in [6.45, 7) is 13.7. The first-order valence-electron chi connectivity index (χ1n) is 12.0. The molecule has 3 aromatic carbocycles. The van der Waals surface area contributed by atoms with Crippen molar-refractivity contribution in [1.29, 1.82) is 0 Å². The Morgan fingerprint density at radius 3 is 2.30 bits per heavy atom. The first-order chi connectivity index (χ1) is 15.6. The number of aromatic nitrogens is 1. The van der Waals surface area contributed by atoms with Crippen LogP contribution in [0.25, 0.3) is 44.0 Å². The quantitative estimate of drug-likeness (QED) is 0.262. The summed E-state index contributed by atoms with van der Waals surface area (Å²) in [4.78, 5) is 0. The molecule has 2 aromatic heterocycles. The third-order valence-corrected chi connectivity index (χ3v) is 6.79. The Balaban J connectivity index is 1.84. The van der Waals surface area contributed by atoms with Crippen LogP contribution in [0.4, 0.5) is 0 Å². The fraction of sp³-hybridized carbons (Fsp3) is 0.323. The minimum Gasteiger partial charge on any atom is -0.454 e. The molecular weight excluding hydrogens is 402 g/mol. The van der Waals surface area contributed by atoms with Crippen LogP contribution in [-0.4, -0.2) is 0 Å². The Hall–Kier alpha value is -3.13. The molecule has 0 N–H and O–H groups in total. The van der Waals surface area contributed by atoms with Crippen molar-refractivity contribution >= 4 is 32.7 Å². The van der Waals surface area contributed by atoms with Gasteiger partial charge in [0, 0.05) is 27.8 Å². The number of furan rings is 1. The van der Waals surface area contributed by atoms with Gasteiger partial charge in [0.25, 0.3) is 0 Å². The fourth-order valence-corrected chi connectivity index (χ4v) is 5.21. The predicted octanol–water partition coefficient (Wildman–Crippen LogP) is 8.04. The molecule has 168 valence electrons. The van der Waals surface area contributed by atoms with Gasteiger partial charge in [-0.2, -0.15) is 0 Å². The summed E-state index contributed by atoms with van der Waals surface area (Å²) in [5, 5.41) is 4.74. The van der Waals surface area contributed by atoms with Gasteiger partial charge in [-0.05, 0) is 47.3 Å². The molecule has 0 saturated carbocycles. The molecule has 5 rings (SSSR count). The van der Waals surface area contributed by atoms with Crippen LogP contribution in [0.2, 0.25) is 0 Å². The Kier molecular flexibility index (Phi) is 5.08. The monoisotopic (exact) mass is 436 g/mol. The third-order valence-electron chi connectivity index (χ3n) is 6.79. The van der Waals surface area contributed by atoms with Crippen LogP contribution in [0, 0.1) is 12.8 Å². The van der Waals surface area contributed by atoms with E-state index in [9.17, 15) is 0 Å². The predicted molar refractivity (Wildman–Crippen MR) is 140 cm³/mol. The molecule has 33 heavy (non-hydrogen) atoms. The fourth-order valence-electron chi connectivity index (χ4n) is 5.21. The maximum absolute atomic E-state index is 6.69. The molecule has 0 aliphatic heterocycles. The van der Waals surface area contributed by atoms with Gasteiger partial charge in [-0.15, -0.1) is 0 Å². The maximum Gasteiger partial charge on any atom is 0.216 e. The van der Waals surface area contributed by atoms with Gasteiger partial charge in [-0.3, -0.25) is 0 Å². The molecule has 5 aromatic rings. The van der Waals surface area contributed by atoms with E-state index in [1.807, 2.05) is 0 Å². The molecule has 0 unspecified atom stereocenters. The van der Waals surface area contributed by atoms with Crippen molar-refractivity contribution < 1.29 is 8.98 Å².